The van der Waals surface area contributed by atoms with Crippen LogP contribution in [0.1, 0.15) is 29.9 Å². The van der Waals surface area contributed by atoms with Crippen molar-refractivity contribution in [2.45, 2.75) is 38.8 Å². The Labute approximate surface area is 163 Å². The van der Waals surface area contributed by atoms with Crippen molar-refractivity contribution in [2.75, 3.05) is 13.1 Å². The molecule has 144 valence electrons. The molecule has 1 aliphatic heterocycles. The number of hydrogen-bond donors (Lipinski definition) is 0. The van der Waals surface area contributed by atoms with E-state index < -0.39 is 0 Å². The highest BCUT2D eigenvalue weighted by Crippen LogP contribution is 2.27. The Balaban J connectivity index is 1.22. The zero-order valence-electron chi connectivity index (χ0n) is 15.8. The van der Waals surface area contributed by atoms with Gasteiger partial charge in [-0.25, -0.2) is 4.68 Å². The normalized spacial score (nSPS) is 17.3. The average Bonchev–Trinajstić information content (AvgIpc) is 3.11. The zero-order valence-corrected chi connectivity index (χ0v) is 15.8. The van der Waals surface area contributed by atoms with E-state index in [9.17, 15) is 4.79 Å². The molecule has 3 aromatic heterocycles. The van der Waals surface area contributed by atoms with Crippen LogP contribution in [-0.2, 0) is 25.9 Å². The summed E-state index contributed by atoms with van der Waals surface area (Å²) in [6, 6.07) is 7.18. The van der Waals surface area contributed by atoms with Gasteiger partial charge in [0.15, 0.2) is 0 Å². The SMILES string of the molecule is O=c1ccc(-c2ccncc2)nn1CC1CN(Cc2noc3c2CCCC3)C1. The second-order valence-electron chi connectivity index (χ2n) is 7.77. The number of rotatable bonds is 5. The van der Waals surface area contributed by atoms with Crippen LogP contribution >= 0.6 is 0 Å². The van der Waals surface area contributed by atoms with Crippen molar-refractivity contribution in [2.24, 2.45) is 5.92 Å². The predicted molar refractivity (Wildman–Crippen MR) is 104 cm³/mol. The van der Waals surface area contributed by atoms with E-state index in [4.69, 9.17) is 4.52 Å². The van der Waals surface area contributed by atoms with Crippen LogP contribution in [-0.4, -0.2) is 37.9 Å². The Hall–Kier alpha value is -2.80. The van der Waals surface area contributed by atoms with Crippen molar-refractivity contribution in [1.29, 1.82) is 0 Å². The summed E-state index contributed by atoms with van der Waals surface area (Å²) < 4.78 is 7.11. The van der Waals surface area contributed by atoms with E-state index in [2.05, 4.69) is 20.1 Å². The first kappa shape index (κ1) is 17.3. The first-order valence-electron chi connectivity index (χ1n) is 9.93. The van der Waals surface area contributed by atoms with Crippen LogP contribution < -0.4 is 5.56 Å². The van der Waals surface area contributed by atoms with Gasteiger partial charge in [0.1, 0.15) is 11.5 Å². The maximum Gasteiger partial charge on any atom is 0.266 e. The quantitative estimate of drug-likeness (QED) is 0.679. The van der Waals surface area contributed by atoms with Crippen molar-refractivity contribution in [3.8, 4) is 11.3 Å². The molecule has 0 radical (unpaired) electrons. The van der Waals surface area contributed by atoms with Crippen molar-refractivity contribution < 1.29 is 4.52 Å². The van der Waals surface area contributed by atoms with E-state index in [0.717, 1.165) is 55.2 Å². The number of likely N-dealkylation sites (tertiary alicyclic amines) is 1. The highest BCUT2D eigenvalue weighted by atomic mass is 16.5. The zero-order chi connectivity index (χ0) is 18.9. The van der Waals surface area contributed by atoms with E-state index in [1.54, 1.807) is 29.2 Å². The van der Waals surface area contributed by atoms with Gasteiger partial charge in [0.25, 0.3) is 5.56 Å². The molecule has 28 heavy (non-hydrogen) atoms. The van der Waals surface area contributed by atoms with Gasteiger partial charge in [0, 0.05) is 61.6 Å². The lowest BCUT2D eigenvalue weighted by atomic mass is 9.95. The molecule has 4 heterocycles. The van der Waals surface area contributed by atoms with E-state index in [1.165, 1.54) is 18.4 Å². The van der Waals surface area contributed by atoms with Gasteiger partial charge < -0.3 is 4.52 Å². The molecule has 5 rings (SSSR count). The van der Waals surface area contributed by atoms with Gasteiger partial charge >= 0.3 is 0 Å². The summed E-state index contributed by atoms with van der Waals surface area (Å²) in [4.78, 5) is 18.6. The molecule has 0 amide bonds. The summed E-state index contributed by atoms with van der Waals surface area (Å²) in [6.45, 7) is 3.39. The fraction of sp³-hybridized carbons (Fsp3) is 0.429. The number of hydrogen-bond acceptors (Lipinski definition) is 6. The topological polar surface area (TPSA) is 77.1 Å². The van der Waals surface area contributed by atoms with Gasteiger partial charge in [-0.2, -0.15) is 5.10 Å². The largest absolute Gasteiger partial charge is 0.361 e. The van der Waals surface area contributed by atoms with Crippen LogP contribution in [0.25, 0.3) is 11.3 Å². The van der Waals surface area contributed by atoms with Crippen LogP contribution in [0.4, 0.5) is 0 Å². The summed E-state index contributed by atoms with van der Waals surface area (Å²) in [6.07, 6.45) is 8.01. The molecule has 2 aliphatic rings. The van der Waals surface area contributed by atoms with Crippen molar-refractivity contribution in [3.05, 3.63) is 64.0 Å². The third-order valence-electron chi connectivity index (χ3n) is 5.71. The first-order valence-corrected chi connectivity index (χ1v) is 9.93. The Morgan fingerprint density at radius 3 is 2.75 bits per heavy atom. The lowest BCUT2D eigenvalue weighted by Gasteiger charge is -2.38. The fourth-order valence-electron chi connectivity index (χ4n) is 4.21. The molecule has 7 heteroatoms. The molecule has 0 atom stereocenters. The number of fused-ring (bicyclic) bond motifs is 1. The van der Waals surface area contributed by atoms with Gasteiger partial charge in [-0.15, -0.1) is 0 Å². The standard InChI is InChI=1S/C21H23N5O2/c27-21-6-5-18(16-7-9-22-10-8-16)23-26(21)13-15-11-25(12-15)14-19-17-3-1-2-4-20(17)28-24-19/h5-10,15H,1-4,11-14H2. The predicted octanol–water partition coefficient (Wildman–Crippen LogP) is 2.30. The number of nitrogens with zero attached hydrogens (tertiary/aromatic N) is 5. The van der Waals surface area contributed by atoms with Gasteiger partial charge in [-0.3, -0.25) is 14.7 Å². The summed E-state index contributed by atoms with van der Waals surface area (Å²) in [5.74, 6) is 1.52. The molecule has 7 nitrogen and oxygen atoms in total. The van der Waals surface area contributed by atoms with Crippen molar-refractivity contribution in [3.63, 3.8) is 0 Å². The number of aromatic nitrogens is 4. The lowest BCUT2D eigenvalue weighted by Crippen LogP contribution is -2.49. The molecule has 0 unspecified atom stereocenters. The lowest BCUT2D eigenvalue weighted by molar-refractivity contribution is 0.0742. The van der Waals surface area contributed by atoms with Gasteiger partial charge in [-0.05, 0) is 37.5 Å². The minimum atomic E-state index is -0.0539. The molecule has 0 saturated carbocycles. The van der Waals surface area contributed by atoms with Gasteiger partial charge in [-0.1, -0.05) is 5.16 Å². The first-order chi connectivity index (χ1) is 13.8. The maximum absolute atomic E-state index is 12.2. The Morgan fingerprint density at radius 1 is 1.07 bits per heavy atom. The summed E-state index contributed by atoms with van der Waals surface area (Å²) in [5, 5.41) is 8.85. The van der Waals surface area contributed by atoms with Crippen LogP contribution in [0, 0.1) is 5.92 Å². The second-order valence-corrected chi connectivity index (χ2v) is 7.77. The summed E-state index contributed by atoms with van der Waals surface area (Å²) in [5.41, 5.74) is 4.14. The highest BCUT2D eigenvalue weighted by molar-refractivity contribution is 5.56. The molecule has 0 N–H and O–H groups in total. The van der Waals surface area contributed by atoms with Crippen LogP contribution in [0.5, 0.6) is 0 Å². The van der Waals surface area contributed by atoms with Crippen molar-refractivity contribution >= 4 is 0 Å². The van der Waals surface area contributed by atoms with Crippen LogP contribution in [0.15, 0.2) is 46.0 Å². The smallest absolute Gasteiger partial charge is 0.266 e. The Morgan fingerprint density at radius 2 is 1.89 bits per heavy atom. The summed E-state index contributed by atoms with van der Waals surface area (Å²) in [7, 11) is 0. The molecule has 0 spiro atoms. The monoisotopic (exact) mass is 377 g/mol. The van der Waals surface area contributed by atoms with E-state index in [1.807, 2.05) is 12.1 Å². The minimum absolute atomic E-state index is 0.0539. The number of aryl methyl sites for hydroxylation is 1. The molecule has 0 bridgehead atoms. The van der Waals surface area contributed by atoms with E-state index in [0.29, 0.717) is 12.5 Å². The fourth-order valence-corrected chi connectivity index (χ4v) is 4.21. The average molecular weight is 377 g/mol. The minimum Gasteiger partial charge on any atom is -0.361 e. The highest BCUT2D eigenvalue weighted by Gasteiger charge is 2.30. The second kappa shape index (κ2) is 7.31. The number of pyridine rings is 1. The Kier molecular flexibility index (Phi) is 4.52. The van der Waals surface area contributed by atoms with Crippen LogP contribution in [0.3, 0.4) is 0 Å². The van der Waals surface area contributed by atoms with Crippen LogP contribution in [0.2, 0.25) is 0 Å². The third-order valence-corrected chi connectivity index (χ3v) is 5.71. The molecule has 1 fully saturated rings. The third kappa shape index (κ3) is 3.38. The summed E-state index contributed by atoms with van der Waals surface area (Å²) >= 11 is 0. The maximum atomic E-state index is 12.2. The molecule has 3 aromatic rings. The Bertz CT molecular complexity index is 1020. The molecular weight excluding hydrogens is 354 g/mol. The molecule has 1 aliphatic carbocycles. The van der Waals surface area contributed by atoms with E-state index in [-0.39, 0.29) is 5.56 Å². The van der Waals surface area contributed by atoms with Gasteiger partial charge in [0.05, 0.1) is 12.2 Å². The molecular formula is C21H23N5O2. The van der Waals surface area contributed by atoms with E-state index >= 15 is 0 Å². The van der Waals surface area contributed by atoms with Gasteiger partial charge in [0.2, 0.25) is 0 Å². The molecule has 0 aromatic carbocycles. The van der Waals surface area contributed by atoms with Crippen molar-refractivity contribution in [1.82, 2.24) is 24.8 Å². The molecule has 1 saturated heterocycles.